The predicted molar refractivity (Wildman–Crippen MR) is 149 cm³/mol. The topological polar surface area (TPSA) is 110 Å². The molecule has 0 radical (unpaired) electrons. The molecule has 0 bridgehead atoms. The van der Waals surface area contributed by atoms with Crippen molar-refractivity contribution < 1.29 is 58.2 Å². The number of benzene rings is 1. The second-order valence-electron chi connectivity index (χ2n) is 11.7. The molecule has 2 heterocycles. The Hall–Kier alpha value is -4.32. The van der Waals surface area contributed by atoms with Gasteiger partial charge >= 0.3 is 12.4 Å². The van der Waals surface area contributed by atoms with Crippen molar-refractivity contribution in [3.63, 3.8) is 0 Å². The number of nitrogens with one attached hydrogen (secondary N) is 3. The molecule has 2 fully saturated rings. The molecule has 0 aliphatic heterocycles. The Balaban J connectivity index is 1.41. The molecule has 262 valence electrons. The average molecular weight is 699 g/mol. The van der Waals surface area contributed by atoms with Crippen molar-refractivity contribution in [3.05, 3.63) is 41.0 Å². The fourth-order valence-electron chi connectivity index (χ4n) is 5.43. The molecule has 1 aromatic carbocycles. The van der Waals surface area contributed by atoms with Crippen LogP contribution in [-0.4, -0.2) is 57.5 Å². The number of carbonyl (C=O) groups is 2. The third-order valence-corrected chi connectivity index (χ3v) is 8.17. The van der Waals surface area contributed by atoms with E-state index in [9.17, 15) is 53.5 Å². The Morgan fingerprint density at radius 1 is 1.04 bits per heavy atom. The molecule has 2 amide bonds. The zero-order valence-corrected chi connectivity index (χ0v) is 24.9. The van der Waals surface area contributed by atoms with Crippen molar-refractivity contribution in [2.24, 2.45) is 18.9 Å². The van der Waals surface area contributed by atoms with Gasteiger partial charge in [-0.2, -0.15) is 31.3 Å². The van der Waals surface area contributed by atoms with Crippen LogP contribution in [0.25, 0.3) is 11.2 Å². The van der Waals surface area contributed by atoms with Crippen LogP contribution in [0.2, 0.25) is 0 Å². The lowest BCUT2D eigenvalue weighted by molar-refractivity contribution is -0.182. The van der Waals surface area contributed by atoms with Gasteiger partial charge in [0.2, 0.25) is 17.7 Å². The van der Waals surface area contributed by atoms with E-state index in [0.29, 0.717) is 0 Å². The van der Waals surface area contributed by atoms with Crippen LogP contribution in [0, 0.1) is 11.8 Å². The Kier molecular flexibility index (Phi) is 9.44. The summed E-state index contributed by atoms with van der Waals surface area (Å²) < 4.78 is 140. The zero-order chi connectivity index (χ0) is 35.2. The van der Waals surface area contributed by atoms with Gasteiger partial charge in [0, 0.05) is 26.1 Å². The molecule has 2 aliphatic rings. The number of hydrogen-bond acceptors (Lipinski definition) is 6. The summed E-state index contributed by atoms with van der Waals surface area (Å²) in [6, 6.07) is 3.26. The summed E-state index contributed by atoms with van der Waals surface area (Å²) in [5.74, 6) is -8.80. The van der Waals surface area contributed by atoms with Crippen molar-refractivity contribution >= 4 is 34.6 Å². The van der Waals surface area contributed by atoms with Crippen LogP contribution in [0.15, 0.2) is 24.3 Å². The summed E-state index contributed by atoms with van der Waals surface area (Å²) in [7, 11) is 1.33. The molecule has 19 heteroatoms. The third kappa shape index (κ3) is 7.86. The number of anilines is 2. The third-order valence-electron chi connectivity index (χ3n) is 8.17. The molecule has 0 spiro atoms. The van der Waals surface area contributed by atoms with Crippen LogP contribution in [0.1, 0.15) is 53.6 Å². The maximum absolute atomic E-state index is 13.9. The Bertz CT molecular complexity index is 1680. The monoisotopic (exact) mass is 698 g/mol. The minimum Gasteiger partial charge on any atom is -0.471 e. The molecule has 3 N–H and O–H groups in total. The number of fused-ring (bicyclic) bond motifs is 1. The number of aryl methyl sites for hydroxylation is 1. The van der Waals surface area contributed by atoms with E-state index < -0.39 is 84.6 Å². The van der Waals surface area contributed by atoms with Gasteiger partial charge in [0.15, 0.2) is 12.3 Å². The van der Waals surface area contributed by atoms with Crippen LogP contribution in [0.5, 0.6) is 5.88 Å². The fraction of sp³-hybridized carbons (Fsp3) is 0.517. The normalized spacial score (nSPS) is 20.9. The first kappa shape index (κ1) is 35.0. The van der Waals surface area contributed by atoms with Crippen LogP contribution in [-0.2, 0) is 24.6 Å². The fourth-order valence-corrected chi connectivity index (χ4v) is 5.43. The van der Waals surface area contributed by atoms with E-state index in [4.69, 9.17) is 4.74 Å². The lowest BCUT2D eigenvalue weighted by atomic mass is 9.85. The second kappa shape index (κ2) is 12.9. The van der Waals surface area contributed by atoms with Crippen LogP contribution in [0.4, 0.5) is 55.5 Å². The number of imidazole rings is 1. The number of ether oxygens (including phenoxy) is 1. The van der Waals surface area contributed by atoms with Gasteiger partial charge in [0.25, 0.3) is 18.3 Å². The van der Waals surface area contributed by atoms with Gasteiger partial charge in [-0.1, -0.05) is 6.07 Å². The van der Waals surface area contributed by atoms with E-state index in [1.807, 2.05) is 0 Å². The van der Waals surface area contributed by atoms with E-state index in [0.717, 1.165) is 28.8 Å². The molecule has 2 aliphatic carbocycles. The van der Waals surface area contributed by atoms with E-state index in [2.05, 4.69) is 25.9 Å². The summed E-state index contributed by atoms with van der Waals surface area (Å²) in [6.07, 6.45) is -13.3. The van der Waals surface area contributed by atoms with Crippen molar-refractivity contribution in [2.75, 3.05) is 11.9 Å². The average Bonchev–Trinajstić information content (AvgIpc) is 3.54. The lowest BCUT2D eigenvalue weighted by Crippen LogP contribution is -2.40. The first-order valence-corrected chi connectivity index (χ1v) is 14.6. The molecular formula is C29H28F10N6O3. The highest BCUT2D eigenvalue weighted by molar-refractivity contribution is 5.99. The lowest BCUT2D eigenvalue weighted by Gasteiger charge is -2.30. The highest BCUT2D eigenvalue weighted by Gasteiger charge is 2.61. The number of alkyl halides is 10. The second-order valence-corrected chi connectivity index (χ2v) is 11.7. The molecular weight excluding hydrogens is 670 g/mol. The number of rotatable bonds is 10. The maximum Gasteiger partial charge on any atom is 0.418 e. The van der Waals surface area contributed by atoms with Crippen LogP contribution in [0.3, 0.4) is 0 Å². The highest BCUT2D eigenvalue weighted by Crippen LogP contribution is 2.48. The molecule has 5 rings (SSSR count). The summed E-state index contributed by atoms with van der Waals surface area (Å²) in [6.45, 7) is -1.53. The van der Waals surface area contributed by atoms with E-state index in [1.54, 1.807) is 0 Å². The van der Waals surface area contributed by atoms with Gasteiger partial charge in [-0.05, 0) is 49.4 Å². The predicted octanol–water partition coefficient (Wildman–Crippen LogP) is 6.50. The van der Waals surface area contributed by atoms with Gasteiger partial charge in [0.1, 0.15) is 17.0 Å². The Labute approximate surface area is 265 Å². The van der Waals surface area contributed by atoms with Gasteiger partial charge in [-0.25, -0.2) is 22.5 Å². The SMILES string of the molecule is Cn1c(Nc2cc(CNC(=O)C3CC3(F)F)ccc2C(F)(F)F)nc2cc(C(=O)NC3CCC(C(F)(F)F)CC3)c(OCC(F)F)nc21. The molecule has 9 nitrogen and oxygen atoms in total. The van der Waals surface area contributed by atoms with E-state index in [1.165, 1.54) is 7.05 Å². The summed E-state index contributed by atoms with van der Waals surface area (Å²) >= 11 is 0. The van der Waals surface area contributed by atoms with Gasteiger partial charge in [-0.3, -0.25) is 14.2 Å². The number of pyridine rings is 1. The maximum atomic E-state index is 13.9. The van der Waals surface area contributed by atoms with Crippen molar-refractivity contribution in [2.45, 2.75) is 69.4 Å². The minimum atomic E-state index is -4.87. The van der Waals surface area contributed by atoms with Crippen molar-refractivity contribution in [3.8, 4) is 5.88 Å². The van der Waals surface area contributed by atoms with E-state index >= 15 is 0 Å². The summed E-state index contributed by atoms with van der Waals surface area (Å²) in [4.78, 5) is 33.4. The van der Waals surface area contributed by atoms with E-state index in [-0.39, 0.29) is 60.5 Å². The van der Waals surface area contributed by atoms with Crippen LogP contribution < -0.4 is 20.7 Å². The zero-order valence-electron chi connectivity index (χ0n) is 24.9. The molecule has 48 heavy (non-hydrogen) atoms. The summed E-state index contributed by atoms with van der Waals surface area (Å²) in [5, 5.41) is 7.35. The number of hydrogen-bond donors (Lipinski definition) is 3. The smallest absolute Gasteiger partial charge is 0.418 e. The van der Waals surface area contributed by atoms with Gasteiger partial charge in [-0.15, -0.1) is 0 Å². The summed E-state index contributed by atoms with van der Waals surface area (Å²) in [5.41, 5.74) is -2.09. The molecule has 1 atom stereocenters. The molecule has 3 aromatic rings. The Morgan fingerprint density at radius 3 is 2.29 bits per heavy atom. The van der Waals surface area contributed by atoms with Crippen molar-refractivity contribution in [1.29, 1.82) is 0 Å². The molecule has 0 saturated heterocycles. The van der Waals surface area contributed by atoms with Crippen LogP contribution >= 0.6 is 0 Å². The first-order chi connectivity index (χ1) is 22.3. The van der Waals surface area contributed by atoms with Crippen molar-refractivity contribution in [1.82, 2.24) is 25.2 Å². The quantitative estimate of drug-likeness (QED) is 0.209. The number of amides is 2. The highest BCUT2D eigenvalue weighted by atomic mass is 19.4. The molecule has 2 saturated carbocycles. The molecule has 2 aromatic heterocycles. The largest absolute Gasteiger partial charge is 0.471 e. The first-order valence-electron chi connectivity index (χ1n) is 14.6. The number of carbonyl (C=O) groups excluding carboxylic acids is 2. The van der Waals surface area contributed by atoms with Gasteiger partial charge in [0.05, 0.1) is 17.2 Å². The standard InChI is InChI=1S/C29H28F10N6O3/c1-45-22-20(9-16(25(44-22)48-12-21(30)31)23(46)41-15-5-3-14(4-6-15)28(34,35)36)43-26(45)42-19-8-13(2-7-17(19)29(37,38)39)11-40-24(47)18-10-27(18,32)33/h2,7-9,14-15,18,21H,3-6,10-12H2,1H3,(H,40,47)(H,41,46)(H,42,43). The Morgan fingerprint density at radius 2 is 1.71 bits per heavy atom. The number of nitrogens with zero attached hydrogens (tertiary/aromatic N) is 3. The number of aromatic nitrogens is 3. The molecule has 1 unspecified atom stereocenters. The number of halogens is 10. The van der Waals surface area contributed by atoms with Gasteiger partial charge < -0.3 is 20.7 Å². The minimum absolute atomic E-state index is 0.00775.